The summed E-state index contributed by atoms with van der Waals surface area (Å²) in [4.78, 5) is 0. The van der Waals surface area contributed by atoms with E-state index in [0.29, 0.717) is 5.92 Å². The van der Waals surface area contributed by atoms with Crippen molar-refractivity contribution >= 4 is 17.4 Å². The van der Waals surface area contributed by atoms with Gasteiger partial charge >= 0.3 is 0 Å². The molecule has 15 heavy (non-hydrogen) atoms. The van der Waals surface area contributed by atoms with Crippen LogP contribution in [0.5, 0.6) is 0 Å². The molecule has 0 aliphatic rings. The summed E-state index contributed by atoms with van der Waals surface area (Å²) >= 11 is 6.29. The second-order valence-electron chi connectivity index (χ2n) is 3.58. The van der Waals surface area contributed by atoms with Gasteiger partial charge in [0.15, 0.2) is 0 Å². The summed E-state index contributed by atoms with van der Waals surface area (Å²) in [5, 5.41) is 11.1. The Balaban J connectivity index is 2.36. The standard InChI is InChI=1S/C11H18ClN3/c1-3-9(4-2)10(12)8-13-11-6-5-7-14-15-11/h5-7,9-10H,3-4,8H2,1-2H3,(H,13,15). The van der Waals surface area contributed by atoms with Crippen LogP contribution in [0.4, 0.5) is 5.82 Å². The number of halogens is 1. The van der Waals surface area contributed by atoms with Gasteiger partial charge in [-0.3, -0.25) is 0 Å². The van der Waals surface area contributed by atoms with Crippen molar-refractivity contribution in [2.75, 3.05) is 11.9 Å². The van der Waals surface area contributed by atoms with E-state index in [1.165, 1.54) is 0 Å². The molecule has 84 valence electrons. The van der Waals surface area contributed by atoms with Crippen LogP contribution in [-0.2, 0) is 0 Å². The molecule has 0 saturated heterocycles. The number of hydrogen-bond acceptors (Lipinski definition) is 3. The highest BCUT2D eigenvalue weighted by Crippen LogP contribution is 2.18. The fourth-order valence-corrected chi connectivity index (χ4v) is 2.00. The van der Waals surface area contributed by atoms with E-state index in [4.69, 9.17) is 11.6 Å². The number of rotatable bonds is 6. The van der Waals surface area contributed by atoms with Crippen LogP contribution in [0.1, 0.15) is 26.7 Å². The second-order valence-corrected chi connectivity index (χ2v) is 4.14. The van der Waals surface area contributed by atoms with E-state index >= 15 is 0 Å². The van der Waals surface area contributed by atoms with Crippen molar-refractivity contribution in [1.29, 1.82) is 0 Å². The molecule has 1 unspecified atom stereocenters. The maximum atomic E-state index is 6.29. The first-order chi connectivity index (χ1) is 7.27. The average molecular weight is 228 g/mol. The highest BCUT2D eigenvalue weighted by Gasteiger charge is 2.15. The van der Waals surface area contributed by atoms with Crippen molar-refractivity contribution < 1.29 is 0 Å². The summed E-state index contributed by atoms with van der Waals surface area (Å²) in [7, 11) is 0. The maximum Gasteiger partial charge on any atom is 0.148 e. The minimum atomic E-state index is 0.155. The molecule has 0 spiro atoms. The van der Waals surface area contributed by atoms with Crippen LogP contribution in [0.15, 0.2) is 18.3 Å². The molecule has 4 heteroatoms. The number of hydrogen-bond donors (Lipinski definition) is 1. The molecule has 0 bridgehead atoms. The van der Waals surface area contributed by atoms with Crippen LogP contribution >= 0.6 is 11.6 Å². The average Bonchev–Trinajstić information content (AvgIpc) is 2.29. The third-order valence-corrected chi connectivity index (χ3v) is 3.12. The van der Waals surface area contributed by atoms with Crippen molar-refractivity contribution in [2.45, 2.75) is 32.1 Å². The van der Waals surface area contributed by atoms with Gasteiger partial charge in [-0.05, 0) is 18.1 Å². The zero-order valence-electron chi connectivity index (χ0n) is 9.28. The normalized spacial score (nSPS) is 12.8. The molecule has 0 aliphatic heterocycles. The molecule has 1 aromatic heterocycles. The Morgan fingerprint density at radius 1 is 1.40 bits per heavy atom. The molecule has 1 rings (SSSR count). The van der Waals surface area contributed by atoms with Crippen LogP contribution in [0.2, 0.25) is 0 Å². The third-order valence-electron chi connectivity index (χ3n) is 2.61. The zero-order chi connectivity index (χ0) is 11.1. The molecule has 1 aromatic rings. The van der Waals surface area contributed by atoms with Gasteiger partial charge < -0.3 is 5.32 Å². The van der Waals surface area contributed by atoms with E-state index in [0.717, 1.165) is 25.2 Å². The third kappa shape index (κ3) is 4.04. The van der Waals surface area contributed by atoms with E-state index in [1.807, 2.05) is 12.1 Å². The van der Waals surface area contributed by atoms with Crippen LogP contribution in [0, 0.1) is 5.92 Å². The van der Waals surface area contributed by atoms with Crippen LogP contribution in [-0.4, -0.2) is 22.1 Å². The van der Waals surface area contributed by atoms with Gasteiger partial charge in [-0.25, -0.2) is 0 Å². The molecule has 1 N–H and O–H groups in total. The van der Waals surface area contributed by atoms with E-state index in [9.17, 15) is 0 Å². The summed E-state index contributed by atoms with van der Waals surface area (Å²) in [6.45, 7) is 5.09. The Morgan fingerprint density at radius 2 is 2.13 bits per heavy atom. The largest absolute Gasteiger partial charge is 0.367 e. The number of alkyl halides is 1. The van der Waals surface area contributed by atoms with Crippen molar-refractivity contribution in [3.63, 3.8) is 0 Å². The fraction of sp³-hybridized carbons (Fsp3) is 0.636. The lowest BCUT2D eigenvalue weighted by molar-refractivity contribution is 0.475. The van der Waals surface area contributed by atoms with Gasteiger partial charge in [-0.15, -0.1) is 16.7 Å². The number of nitrogens with one attached hydrogen (secondary N) is 1. The molecule has 1 heterocycles. The van der Waals surface area contributed by atoms with Gasteiger partial charge in [-0.1, -0.05) is 26.7 Å². The summed E-state index contributed by atoms with van der Waals surface area (Å²) in [5.74, 6) is 1.35. The van der Waals surface area contributed by atoms with E-state index < -0.39 is 0 Å². The Hall–Kier alpha value is -0.830. The Kier molecular flexibility index (Phi) is 5.40. The van der Waals surface area contributed by atoms with Gasteiger partial charge in [0.25, 0.3) is 0 Å². The second kappa shape index (κ2) is 6.62. The van der Waals surface area contributed by atoms with Crippen molar-refractivity contribution in [1.82, 2.24) is 10.2 Å². The molecule has 0 amide bonds. The van der Waals surface area contributed by atoms with Gasteiger partial charge in [0.05, 0.1) is 5.38 Å². The fourth-order valence-electron chi connectivity index (χ4n) is 1.56. The highest BCUT2D eigenvalue weighted by atomic mass is 35.5. The van der Waals surface area contributed by atoms with Gasteiger partial charge in [0.1, 0.15) is 5.82 Å². The Bertz CT molecular complexity index is 262. The van der Waals surface area contributed by atoms with Crippen LogP contribution < -0.4 is 5.32 Å². The first-order valence-electron chi connectivity index (χ1n) is 5.43. The maximum absolute atomic E-state index is 6.29. The first-order valence-corrected chi connectivity index (χ1v) is 5.87. The highest BCUT2D eigenvalue weighted by molar-refractivity contribution is 6.21. The molecule has 0 aliphatic carbocycles. The lowest BCUT2D eigenvalue weighted by atomic mass is 9.99. The van der Waals surface area contributed by atoms with Crippen molar-refractivity contribution in [3.05, 3.63) is 18.3 Å². The molecule has 0 aromatic carbocycles. The van der Waals surface area contributed by atoms with Gasteiger partial charge in [0, 0.05) is 12.7 Å². The molecule has 1 atom stereocenters. The molecule has 0 fully saturated rings. The predicted molar refractivity (Wildman–Crippen MR) is 64.2 cm³/mol. The summed E-state index contributed by atoms with van der Waals surface area (Å²) in [5.41, 5.74) is 0. The first kappa shape index (κ1) is 12.2. The summed E-state index contributed by atoms with van der Waals surface area (Å²) < 4.78 is 0. The number of aromatic nitrogens is 2. The summed E-state index contributed by atoms with van der Waals surface area (Å²) in [6.07, 6.45) is 3.89. The van der Waals surface area contributed by atoms with Crippen molar-refractivity contribution in [2.24, 2.45) is 5.92 Å². The number of anilines is 1. The Morgan fingerprint density at radius 3 is 2.67 bits per heavy atom. The molecule has 0 radical (unpaired) electrons. The van der Waals surface area contributed by atoms with E-state index in [1.54, 1.807) is 6.20 Å². The molecular formula is C11H18ClN3. The van der Waals surface area contributed by atoms with Gasteiger partial charge in [0.2, 0.25) is 0 Å². The quantitative estimate of drug-likeness (QED) is 0.760. The minimum absolute atomic E-state index is 0.155. The zero-order valence-corrected chi connectivity index (χ0v) is 10.0. The van der Waals surface area contributed by atoms with Crippen molar-refractivity contribution in [3.8, 4) is 0 Å². The van der Waals surface area contributed by atoms with E-state index in [-0.39, 0.29) is 5.38 Å². The van der Waals surface area contributed by atoms with Gasteiger partial charge in [-0.2, -0.15) is 5.10 Å². The lowest BCUT2D eigenvalue weighted by Gasteiger charge is -2.19. The molecule has 0 saturated carbocycles. The van der Waals surface area contributed by atoms with Crippen LogP contribution in [0.3, 0.4) is 0 Å². The SMILES string of the molecule is CCC(CC)C(Cl)CNc1cccnn1. The summed E-state index contributed by atoms with van der Waals surface area (Å²) in [6, 6.07) is 3.75. The predicted octanol–water partition coefficient (Wildman–Crippen LogP) is 2.93. The number of nitrogens with zero attached hydrogens (tertiary/aromatic N) is 2. The smallest absolute Gasteiger partial charge is 0.148 e. The molecule has 3 nitrogen and oxygen atoms in total. The minimum Gasteiger partial charge on any atom is -0.367 e. The topological polar surface area (TPSA) is 37.8 Å². The van der Waals surface area contributed by atoms with E-state index in [2.05, 4.69) is 29.4 Å². The molecular weight excluding hydrogens is 210 g/mol. The monoisotopic (exact) mass is 227 g/mol. The lowest BCUT2D eigenvalue weighted by Crippen LogP contribution is -2.23. The Labute approximate surface area is 96.2 Å². The van der Waals surface area contributed by atoms with Crippen LogP contribution in [0.25, 0.3) is 0 Å².